The summed E-state index contributed by atoms with van der Waals surface area (Å²) in [5.74, 6) is 0. The Hall–Kier alpha value is 0.670. The molecule has 0 aromatic carbocycles. The predicted octanol–water partition coefficient (Wildman–Crippen LogP) is 1.91. The fourth-order valence-corrected chi connectivity index (χ4v) is 2.29. The summed E-state index contributed by atoms with van der Waals surface area (Å²) in [4.78, 5) is 0. The first-order chi connectivity index (χ1) is 7.45. The van der Waals surface area contributed by atoms with Crippen LogP contribution in [0.25, 0.3) is 0 Å². The van der Waals surface area contributed by atoms with Gasteiger partial charge in [0.15, 0.2) is 0 Å². The number of unbranched alkanes of at least 4 members (excludes halogenated alkanes) is 5. The first-order valence-corrected chi connectivity index (χ1v) is 7.05. The Kier molecular flexibility index (Phi) is 10.1. The Balaban J connectivity index is 3.25. The third-order valence-electron chi connectivity index (χ3n) is 2.16. The first kappa shape index (κ1) is 16.7. The van der Waals surface area contributed by atoms with Gasteiger partial charge in [-0.25, -0.2) is 0 Å². The number of thiol groups is 1. The molecule has 0 unspecified atom stereocenters. The van der Waals surface area contributed by atoms with E-state index in [1.807, 2.05) is 0 Å². The second-order valence-electron chi connectivity index (χ2n) is 3.91. The van der Waals surface area contributed by atoms with Crippen LogP contribution in [0.5, 0.6) is 0 Å². The predicted molar refractivity (Wildman–Crippen MR) is 73.3 cm³/mol. The molecule has 6 heteroatoms. The third-order valence-corrected chi connectivity index (χ3v) is 2.91. The van der Waals surface area contributed by atoms with Crippen molar-refractivity contribution in [3.05, 3.63) is 0 Å². The van der Waals surface area contributed by atoms with Crippen molar-refractivity contribution in [2.75, 3.05) is 6.61 Å². The highest BCUT2D eigenvalue weighted by molar-refractivity contribution is 9.09. The average molecular weight is 315 g/mol. The number of hydrogen-bond donors (Lipinski definition) is 4. The monoisotopic (exact) mass is 314 g/mol. The number of halogens is 1. The molecule has 0 aliphatic carbocycles. The fraction of sp³-hybridized carbons (Fsp3) is 1.00. The van der Waals surface area contributed by atoms with E-state index in [1.165, 1.54) is 12.8 Å². The summed E-state index contributed by atoms with van der Waals surface area (Å²) in [6.07, 6.45) is 7.49. The minimum Gasteiger partial charge on any atom is -0.396 e. The van der Waals surface area contributed by atoms with Crippen LogP contribution in [0.3, 0.4) is 0 Å². The van der Waals surface area contributed by atoms with Gasteiger partial charge in [-0.05, 0) is 19.3 Å². The first-order valence-electron chi connectivity index (χ1n) is 5.68. The van der Waals surface area contributed by atoms with Gasteiger partial charge in [0.1, 0.15) is 5.01 Å². The lowest BCUT2D eigenvalue weighted by Crippen LogP contribution is -2.47. The summed E-state index contributed by atoms with van der Waals surface area (Å²) in [6.45, 7) is 0.300. The van der Waals surface area contributed by atoms with Crippen molar-refractivity contribution in [2.45, 2.75) is 55.1 Å². The maximum atomic E-state index is 8.60. The van der Waals surface area contributed by atoms with Gasteiger partial charge in [0.2, 0.25) is 5.18 Å². The lowest BCUT2D eigenvalue weighted by atomic mass is 10.1. The third kappa shape index (κ3) is 12.7. The molecule has 0 saturated heterocycles. The van der Waals surface area contributed by atoms with Crippen LogP contribution in [-0.4, -0.2) is 21.9 Å². The van der Waals surface area contributed by atoms with Gasteiger partial charge >= 0.3 is 0 Å². The molecule has 0 aromatic heterocycles. The van der Waals surface area contributed by atoms with E-state index in [1.54, 1.807) is 0 Å². The van der Waals surface area contributed by atoms with Crippen molar-refractivity contribution in [1.82, 2.24) is 0 Å². The van der Waals surface area contributed by atoms with Crippen LogP contribution in [0.15, 0.2) is 0 Å². The molecule has 0 amide bonds. The van der Waals surface area contributed by atoms with Crippen LogP contribution in [0.4, 0.5) is 0 Å². The number of ether oxygens (including phenoxy) is 1. The SMILES string of the molecule is NC(N)(S)O[C@@H](Br)CCCCCCCCO. The van der Waals surface area contributed by atoms with E-state index >= 15 is 0 Å². The van der Waals surface area contributed by atoms with E-state index < -0.39 is 5.18 Å². The highest BCUT2D eigenvalue weighted by atomic mass is 79.9. The number of nitrogens with two attached hydrogens (primary N) is 2. The molecule has 1 atom stereocenters. The maximum Gasteiger partial charge on any atom is 0.218 e. The molecule has 4 nitrogen and oxygen atoms in total. The van der Waals surface area contributed by atoms with Crippen LogP contribution < -0.4 is 11.5 Å². The summed E-state index contributed by atoms with van der Waals surface area (Å²) in [5.41, 5.74) is 10.8. The van der Waals surface area contributed by atoms with Crippen molar-refractivity contribution in [1.29, 1.82) is 0 Å². The molecule has 5 N–H and O–H groups in total. The van der Waals surface area contributed by atoms with Crippen LogP contribution >= 0.6 is 28.6 Å². The van der Waals surface area contributed by atoms with Gasteiger partial charge in [-0.3, -0.25) is 11.5 Å². The molecule has 16 heavy (non-hydrogen) atoms. The van der Waals surface area contributed by atoms with Crippen LogP contribution in [0.2, 0.25) is 0 Å². The maximum absolute atomic E-state index is 8.60. The minimum absolute atomic E-state index is 0.141. The molecule has 0 fully saturated rings. The molecular formula is C10H23BrN2O2S. The zero-order chi connectivity index (χ0) is 12.4. The summed E-state index contributed by atoms with van der Waals surface area (Å²) < 4.78 is 5.19. The normalized spacial score (nSPS) is 14.1. The van der Waals surface area contributed by atoms with Gasteiger partial charge in [-0.15, -0.1) is 12.6 Å². The molecule has 0 aliphatic rings. The molecule has 98 valence electrons. The molecule has 0 aromatic rings. The van der Waals surface area contributed by atoms with Gasteiger partial charge in [0.25, 0.3) is 0 Å². The van der Waals surface area contributed by atoms with Crippen molar-refractivity contribution in [3.8, 4) is 0 Å². The second-order valence-corrected chi connectivity index (χ2v) is 5.63. The number of aliphatic hydroxyl groups is 1. The van der Waals surface area contributed by atoms with Crippen LogP contribution in [0, 0.1) is 0 Å². The fourth-order valence-electron chi connectivity index (χ4n) is 1.39. The Morgan fingerprint density at radius 3 is 2.12 bits per heavy atom. The average Bonchev–Trinajstić information content (AvgIpc) is 2.13. The number of rotatable bonds is 10. The smallest absolute Gasteiger partial charge is 0.218 e. The molecule has 0 rings (SSSR count). The molecule has 0 aliphatic heterocycles. The standard InChI is InChI=1S/C10H23BrN2O2S/c11-9(15-10(12,13)16)7-5-3-1-2-4-6-8-14/h9,14,16H,1-8,12-13H2/t9-/m1/s1. The number of alkyl halides is 1. The zero-order valence-corrected chi connectivity index (χ0v) is 12.0. The number of hydrogen-bond acceptors (Lipinski definition) is 5. The highest BCUT2D eigenvalue weighted by Crippen LogP contribution is 2.17. The van der Waals surface area contributed by atoms with E-state index in [9.17, 15) is 0 Å². The molecule has 0 heterocycles. The quantitative estimate of drug-likeness (QED) is 0.215. The van der Waals surface area contributed by atoms with Crippen molar-refractivity contribution >= 4 is 28.6 Å². The lowest BCUT2D eigenvalue weighted by Gasteiger charge is -2.22. The zero-order valence-electron chi connectivity index (χ0n) is 9.57. The van der Waals surface area contributed by atoms with Gasteiger partial charge in [0.05, 0.1) is 0 Å². The highest BCUT2D eigenvalue weighted by Gasteiger charge is 2.17. The van der Waals surface area contributed by atoms with Crippen molar-refractivity contribution in [3.63, 3.8) is 0 Å². The van der Waals surface area contributed by atoms with Gasteiger partial charge in [-0.1, -0.05) is 41.6 Å². The van der Waals surface area contributed by atoms with E-state index in [2.05, 4.69) is 28.6 Å². The van der Waals surface area contributed by atoms with E-state index in [4.69, 9.17) is 21.3 Å². The summed E-state index contributed by atoms with van der Waals surface area (Å²) in [6, 6.07) is 0. The van der Waals surface area contributed by atoms with E-state index in [0.717, 1.165) is 32.1 Å². The summed E-state index contributed by atoms with van der Waals surface area (Å²) >= 11 is 7.22. The molecule has 0 radical (unpaired) electrons. The topological polar surface area (TPSA) is 81.5 Å². The Bertz CT molecular complexity index is 167. The number of aliphatic hydroxyl groups excluding tert-OH is 1. The Morgan fingerprint density at radius 1 is 1.12 bits per heavy atom. The molecule has 0 bridgehead atoms. The summed E-state index contributed by atoms with van der Waals surface area (Å²) in [7, 11) is 0. The van der Waals surface area contributed by atoms with Crippen molar-refractivity contribution in [2.24, 2.45) is 11.5 Å². The molecule has 0 saturated carbocycles. The second kappa shape index (κ2) is 9.67. The van der Waals surface area contributed by atoms with Gasteiger partial charge in [0, 0.05) is 6.61 Å². The van der Waals surface area contributed by atoms with Crippen molar-refractivity contribution < 1.29 is 9.84 Å². The van der Waals surface area contributed by atoms with E-state index in [-0.39, 0.29) is 5.01 Å². The minimum atomic E-state index is -1.37. The summed E-state index contributed by atoms with van der Waals surface area (Å²) in [5, 5.41) is 7.09. The van der Waals surface area contributed by atoms with Crippen LogP contribution in [0.1, 0.15) is 44.9 Å². The molecule has 0 spiro atoms. The van der Waals surface area contributed by atoms with Crippen LogP contribution in [-0.2, 0) is 4.74 Å². The molecular weight excluding hydrogens is 292 g/mol. The van der Waals surface area contributed by atoms with Gasteiger partial charge < -0.3 is 9.84 Å². The Labute approximate surface area is 112 Å². The lowest BCUT2D eigenvalue weighted by molar-refractivity contribution is 0.0180. The van der Waals surface area contributed by atoms with Gasteiger partial charge in [-0.2, -0.15) is 0 Å². The largest absolute Gasteiger partial charge is 0.396 e. The van der Waals surface area contributed by atoms with E-state index in [0.29, 0.717) is 6.61 Å². The Morgan fingerprint density at radius 2 is 1.62 bits per heavy atom.